The molecule has 0 aromatic heterocycles. The van der Waals surface area contributed by atoms with Gasteiger partial charge in [0.25, 0.3) is 0 Å². The van der Waals surface area contributed by atoms with Gasteiger partial charge in [-0.25, -0.2) is 14.0 Å². The molecule has 2 unspecified atom stereocenters. The first-order chi connectivity index (χ1) is 9.40. The van der Waals surface area contributed by atoms with Crippen LogP contribution in [-0.2, 0) is 4.79 Å². The fourth-order valence-electron chi connectivity index (χ4n) is 1.91. The van der Waals surface area contributed by atoms with Crippen LogP contribution in [0.25, 0.3) is 0 Å². The molecule has 2 rings (SSSR count). The fourth-order valence-corrected chi connectivity index (χ4v) is 3.25. The number of amides is 2. The van der Waals surface area contributed by atoms with Crippen molar-refractivity contribution in [3.05, 3.63) is 29.0 Å². The molecule has 8 heteroatoms. The molecule has 1 aromatic carbocycles. The van der Waals surface area contributed by atoms with Crippen LogP contribution in [0.15, 0.2) is 18.2 Å². The van der Waals surface area contributed by atoms with Crippen LogP contribution in [0.4, 0.5) is 14.9 Å². The molecule has 2 amide bonds. The molecule has 0 spiro atoms. The highest BCUT2D eigenvalue weighted by molar-refractivity contribution is 8.00. The van der Waals surface area contributed by atoms with E-state index in [-0.39, 0.29) is 16.1 Å². The van der Waals surface area contributed by atoms with Crippen LogP contribution in [0.5, 0.6) is 0 Å². The second-order valence-corrected chi connectivity index (χ2v) is 6.00. The third-order valence-electron chi connectivity index (χ3n) is 2.91. The summed E-state index contributed by atoms with van der Waals surface area (Å²) in [5.41, 5.74) is 0.116. The van der Waals surface area contributed by atoms with Crippen molar-refractivity contribution in [3.63, 3.8) is 0 Å². The van der Waals surface area contributed by atoms with Crippen LogP contribution in [0.1, 0.15) is 6.92 Å². The maximum Gasteiger partial charge on any atom is 0.327 e. The number of hydrogen-bond acceptors (Lipinski definition) is 3. The van der Waals surface area contributed by atoms with E-state index in [2.05, 4.69) is 5.32 Å². The van der Waals surface area contributed by atoms with E-state index in [0.717, 1.165) is 6.07 Å². The number of aliphatic carboxylic acids is 1. The summed E-state index contributed by atoms with van der Waals surface area (Å²) in [6, 6.07) is 2.07. The molecule has 0 saturated carbocycles. The highest BCUT2D eigenvalue weighted by Gasteiger charge is 2.39. The number of urea groups is 1. The van der Waals surface area contributed by atoms with Crippen LogP contribution < -0.4 is 5.32 Å². The zero-order valence-electron chi connectivity index (χ0n) is 10.5. The zero-order chi connectivity index (χ0) is 14.9. The molecule has 0 radical (unpaired) electrons. The average Bonchev–Trinajstić information content (AvgIpc) is 2.76. The lowest BCUT2D eigenvalue weighted by Gasteiger charge is -2.25. The Bertz CT molecular complexity index is 558. The molecular weight excluding hydrogens is 307 g/mol. The van der Waals surface area contributed by atoms with Gasteiger partial charge in [0.15, 0.2) is 0 Å². The van der Waals surface area contributed by atoms with Crippen LogP contribution in [-0.4, -0.2) is 39.2 Å². The Morgan fingerprint density at radius 1 is 1.55 bits per heavy atom. The second-order valence-electron chi connectivity index (χ2n) is 4.25. The minimum absolute atomic E-state index is 0.116. The maximum atomic E-state index is 13.1. The highest BCUT2D eigenvalue weighted by Crippen LogP contribution is 2.30. The summed E-state index contributed by atoms with van der Waals surface area (Å²) < 4.78 is 13.1. The van der Waals surface area contributed by atoms with Gasteiger partial charge >= 0.3 is 12.0 Å². The first kappa shape index (κ1) is 14.9. The smallest absolute Gasteiger partial charge is 0.327 e. The monoisotopic (exact) mass is 318 g/mol. The summed E-state index contributed by atoms with van der Waals surface area (Å²) in [7, 11) is 0. The van der Waals surface area contributed by atoms with Crippen molar-refractivity contribution < 1.29 is 19.1 Å². The van der Waals surface area contributed by atoms with E-state index in [1.54, 1.807) is 6.92 Å². The first-order valence-electron chi connectivity index (χ1n) is 5.79. The minimum Gasteiger partial charge on any atom is -0.480 e. The van der Waals surface area contributed by atoms with Gasteiger partial charge in [-0.3, -0.25) is 4.90 Å². The van der Waals surface area contributed by atoms with Gasteiger partial charge < -0.3 is 10.4 Å². The molecule has 2 N–H and O–H groups in total. The predicted octanol–water partition coefficient (Wildman–Crippen LogP) is 2.86. The van der Waals surface area contributed by atoms with Crippen molar-refractivity contribution in [2.45, 2.75) is 18.3 Å². The quantitative estimate of drug-likeness (QED) is 0.879. The molecule has 5 nitrogen and oxygen atoms in total. The standard InChI is InChI=1S/C12H12ClFN2O3S/c1-6-16(10(5-20-6)11(17)18)12(19)15-9-4-7(14)2-3-8(9)13/h2-4,6,10H,5H2,1H3,(H,15,19)(H,17,18). The number of hydrogen-bond donors (Lipinski definition) is 2. The van der Waals surface area contributed by atoms with Crippen molar-refractivity contribution in [1.82, 2.24) is 4.90 Å². The van der Waals surface area contributed by atoms with E-state index in [0.29, 0.717) is 5.75 Å². The van der Waals surface area contributed by atoms with Crippen molar-refractivity contribution in [2.24, 2.45) is 0 Å². The number of thioether (sulfide) groups is 1. The summed E-state index contributed by atoms with van der Waals surface area (Å²) in [6.07, 6.45) is 0. The van der Waals surface area contributed by atoms with Gasteiger partial charge in [0, 0.05) is 5.75 Å². The van der Waals surface area contributed by atoms with Gasteiger partial charge in [-0.2, -0.15) is 0 Å². The largest absolute Gasteiger partial charge is 0.480 e. The summed E-state index contributed by atoms with van der Waals surface area (Å²) in [4.78, 5) is 24.5. The van der Waals surface area contributed by atoms with Gasteiger partial charge in [0.2, 0.25) is 0 Å². The molecule has 1 aromatic rings. The maximum absolute atomic E-state index is 13.1. The van der Waals surface area contributed by atoms with E-state index in [9.17, 15) is 14.0 Å². The number of nitrogens with zero attached hydrogens (tertiary/aromatic N) is 1. The second kappa shape index (κ2) is 5.88. The van der Waals surface area contributed by atoms with Crippen LogP contribution in [0, 0.1) is 5.82 Å². The lowest BCUT2D eigenvalue weighted by atomic mass is 10.3. The predicted molar refractivity (Wildman–Crippen MR) is 75.6 cm³/mol. The van der Waals surface area contributed by atoms with Crippen molar-refractivity contribution in [1.29, 1.82) is 0 Å². The molecule has 1 heterocycles. The Labute approximate surface area is 124 Å². The van der Waals surface area contributed by atoms with Crippen molar-refractivity contribution in [2.75, 3.05) is 11.1 Å². The molecule has 0 bridgehead atoms. The number of benzene rings is 1. The van der Waals surface area contributed by atoms with E-state index in [1.807, 2.05) is 0 Å². The number of halogens is 2. The van der Waals surface area contributed by atoms with Gasteiger partial charge in [0.05, 0.1) is 16.1 Å². The Morgan fingerprint density at radius 3 is 2.90 bits per heavy atom. The summed E-state index contributed by atoms with van der Waals surface area (Å²) in [5, 5.41) is 11.5. The number of anilines is 1. The molecule has 20 heavy (non-hydrogen) atoms. The van der Waals surface area contributed by atoms with E-state index in [1.165, 1.54) is 28.8 Å². The Morgan fingerprint density at radius 2 is 2.25 bits per heavy atom. The van der Waals surface area contributed by atoms with E-state index < -0.39 is 23.9 Å². The van der Waals surface area contributed by atoms with Gasteiger partial charge in [-0.05, 0) is 25.1 Å². The van der Waals surface area contributed by atoms with Gasteiger partial charge in [0.1, 0.15) is 11.9 Å². The third kappa shape index (κ3) is 2.99. The van der Waals surface area contributed by atoms with Crippen LogP contribution in [0.3, 0.4) is 0 Å². The molecule has 2 atom stereocenters. The minimum atomic E-state index is -1.07. The Balaban J connectivity index is 2.18. The van der Waals surface area contributed by atoms with E-state index >= 15 is 0 Å². The summed E-state index contributed by atoms with van der Waals surface area (Å²) in [6.45, 7) is 1.74. The highest BCUT2D eigenvalue weighted by atomic mass is 35.5. The van der Waals surface area contributed by atoms with Crippen LogP contribution in [0.2, 0.25) is 5.02 Å². The molecule has 1 aliphatic rings. The molecular formula is C12H12ClFN2O3S. The average molecular weight is 319 g/mol. The molecule has 108 valence electrons. The molecule has 0 aliphatic carbocycles. The Hall–Kier alpha value is -1.47. The number of nitrogens with one attached hydrogen (secondary N) is 1. The molecule has 1 aliphatic heterocycles. The first-order valence-corrected chi connectivity index (χ1v) is 7.21. The lowest BCUT2D eigenvalue weighted by Crippen LogP contribution is -2.46. The molecule has 1 fully saturated rings. The summed E-state index contributed by atoms with van der Waals surface area (Å²) in [5.74, 6) is -1.29. The topological polar surface area (TPSA) is 69.6 Å². The number of carboxylic acids is 1. The van der Waals surface area contributed by atoms with Gasteiger partial charge in [-0.15, -0.1) is 11.8 Å². The fraction of sp³-hybridized carbons (Fsp3) is 0.333. The normalized spacial score (nSPS) is 21.9. The SMILES string of the molecule is CC1SCC(C(=O)O)N1C(=O)Nc1cc(F)ccc1Cl. The van der Waals surface area contributed by atoms with Crippen molar-refractivity contribution in [3.8, 4) is 0 Å². The van der Waals surface area contributed by atoms with Crippen LogP contribution >= 0.6 is 23.4 Å². The van der Waals surface area contributed by atoms with E-state index in [4.69, 9.17) is 16.7 Å². The lowest BCUT2D eigenvalue weighted by molar-refractivity contribution is -0.141. The Kier molecular flexibility index (Phi) is 4.39. The summed E-state index contributed by atoms with van der Waals surface area (Å²) >= 11 is 7.23. The zero-order valence-corrected chi connectivity index (χ0v) is 12.0. The molecule has 1 saturated heterocycles. The van der Waals surface area contributed by atoms with Crippen molar-refractivity contribution >= 4 is 41.1 Å². The number of carboxylic acid groups (broad SMARTS) is 1. The number of carbonyl (C=O) groups excluding carboxylic acids is 1. The number of rotatable bonds is 2. The number of carbonyl (C=O) groups is 2. The van der Waals surface area contributed by atoms with Gasteiger partial charge in [-0.1, -0.05) is 11.6 Å². The third-order valence-corrected chi connectivity index (χ3v) is 4.46.